The van der Waals surface area contributed by atoms with E-state index in [1.54, 1.807) is 6.92 Å². The number of hydrogen-bond donors (Lipinski definition) is 2. The molecule has 0 saturated heterocycles. The van der Waals surface area contributed by atoms with E-state index in [4.69, 9.17) is 12.2 Å². The minimum absolute atomic E-state index is 0.243. The van der Waals surface area contributed by atoms with Gasteiger partial charge in [0.25, 0.3) is 5.91 Å². The van der Waals surface area contributed by atoms with Gasteiger partial charge in [-0.05, 0) is 13.8 Å². The van der Waals surface area contributed by atoms with Gasteiger partial charge in [-0.2, -0.15) is 0 Å². The smallest absolute Gasteiger partial charge is 0.266 e. The molecule has 0 aliphatic rings. The molecule has 5 nitrogen and oxygen atoms in total. The van der Waals surface area contributed by atoms with Crippen molar-refractivity contribution in [2.45, 2.75) is 19.9 Å². The molecule has 0 fully saturated rings. The highest BCUT2D eigenvalue weighted by atomic mass is 32.1. The van der Waals surface area contributed by atoms with Gasteiger partial charge in [-0.25, -0.2) is 4.98 Å². The summed E-state index contributed by atoms with van der Waals surface area (Å²) in [5.74, 6) is 2.39. The van der Waals surface area contributed by atoms with E-state index in [-0.39, 0.29) is 17.8 Å². The van der Waals surface area contributed by atoms with Crippen LogP contribution in [0.25, 0.3) is 0 Å². The van der Waals surface area contributed by atoms with Gasteiger partial charge in [0.05, 0.1) is 6.04 Å². The van der Waals surface area contributed by atoms with E-state index >= 15 is 0 Å². The molecule has 0 bridgehead atoms. The number of terminal acetylenes is 1. The van der Waals surface area contributed by atoms with Gasteiger partial charge >= 0.3 is 0 Å². The minimum Gasteiger partial charge on any atom is -0.382 e. The Labute approximate surface area is 105 Å². The van der Waals surface area contributed by atoms with Crippen LogP contribution in [0.15, 0.2) is 0 Å². The average Bonchev–Trinajstić information content (AvgIpc) is 2.70. The van der Waals surface area contributed by atoms with E-state index in [2.05, 4.69) is 16.2 Å². The largest absolute Gasteiger partial charge is 0.382 e. The Morgan fingerprint density at radius 2 is 2.41 bits per heavy atom. The van der Waals surface area contributed by atoms with E-state index in [0.717, 1.165) is 11.7 Å². The maximum Gasteiger partial charge on any atom is 0.266 e. The number of nitrogens with two attached hydrogens (primary N) is 1. The van der Waals surface area contributed by atoms with Crippen molar-refractivity contribution in [1.29, 1.82) is 0 Å². The van der Waals surface area contributed by atoms with Crippen molar-refractivity contribution in [2.24, 2.45) is 0 Å². The lowest BCUT2D eigenvalue weighted by atomic mass is 10.3. The molecule has 1 atom stereocenters. The third-order valence-electron chi connectivity index (χ3n) is 2.25. The predicted octanol–water partition coefficient (Wildman–Crippen LogP) is 0.933. The van der Waals surface area contributed by atoms with Crippen LogP contribution in [-0.2, 0) is 0 Å². The summed E-state index contributed by atoms with van der Waals surface area (Å²) in [5.41, 5.74) is 5.71. The van der Waals surface area contributed by atoms with Gasteiger partial charge < -0.3 is 16.0 Å². The number of nitrogen functional groups attached to an aromatic ring is 1. The highest BCUT2D eigenvalue weighted by Crippen LogP contribution is 2.27. The Morgan fingerprint density at radius 1 is 1.76 bits per heavy atom. The van der Waals surface area contributed by atoms with Crippen LogP contribution in [0.3, 0.4) is 0 Å². The standard InChI is InChI=1S/C11H16N4OS/c1-5-7(3)13-10(16)8-9(12)14-11(17-8)15(4)6-2/h1,7H,6,12H2,2-4H3,(H,13,16). The van der Waals surface area contributed by atoms with E-state index < -0.39 is 0 Å². The van der Waals surface area contributed by atoms with Crippen LogP contribution < -0.4 is 16.0 Å². The molecular formula is C11H16N4OS. The third-order valence-corrected chi connectivity index (χ3v) is 3.43. The highest BCUT2D eigenvalue weighted by molar-refractivity contribution is 7.18. The first kappa shape index (κ1) is 13.3. The fourth-order valence-electron chi connectivity index (χ4n) is 1.09. The molecule has 1 unspecified atom stereocenters. The summed E-state index contributed by atoms with van der Waals surface area (Å²) < 4.78 is 0. The second kappa shape index (κ2) is 5.55. The number of anilines is 2. The summed E-state index contributed by atoms with van der Waals surface area (Å²) >= 11 is 1.26. The molecular weight excluding hydrogens is 236 g/mol. The number of hydrogen-bond acceptors (Lipinski definition) is 5. The Hall–Kier alpha value is -1.74. The normalized spacial score (nSPS) is 11.6. The summed E-state index contributed by atoms with van der Waals surface area (Å²) in [7, 11) is 1.89. The monoisotopic (exact) mass is 252 g/mol. The molecule has 1 heterocycles. The van der Waals surface area contributed by atoms with Crippen molar-refractivity contribution in [3.05, 3.63) is 4.88 Å². The SMILES string of the molecule is C#CC(C)NC(=O)c1sc(N(C)CC)nc1N. The number of nitrogens with one attached hydrogen (secondary N) is 1. The number of aromatic nitrogens is 1. The van der Waals surface area contributed by atoms with Gasteiger partial charge in [0.15, 0.2) is 5.13 Å². The van der Waals surface area contributed by atoms with Crippen molar-refractivity contribution in [1.82, 2.24) is 10.3 Å². The number of rotatable bonds is 4. The van der Waals surface area contributed by atoms with Crippen LogP contribution in [0.2, 0.25) is 0 Å². The van der Waals surface area contributed by atoms with E-state index in [0.29, 0.717) is 4.88 Å². The molecule has 6 heteroatoms. The first-order valence-electron chi connectivity index (χ1n) is 5.24. The lowest BCUT2D eigenvalue weighted by Crippen LogP contribution is -2.31. The number of amides is 1. The van der Waals surface area contributed by atoms with Gasteiger partial charge in [0.1, 0.15) is 10.7 Å². The zero-order valence-corrected chi connectivity index (χ0v) is 11.0. The molecule has 1 aromatic rings. The number of carbonyl (C=O) groups excluding carboxylic acids is 1. The number of thiazole rings is 1. The van der Waals surface area contributed by atoms with Crippen molar-refractivity contribution >= 4 is 28.2 Å². The van der Waals surface area contributed by atoms with Crippen LogP contribution in [0.4, 0.5) is 10.9 Å². The number of nitrogens with zero attached hydrogens (tertiary/aromatic N) is 2. The minimum atomic E-state index is -0.323. The molecule has 1 amide bonds. The second-order valence-corrected chi connectivity index (χ2v) is 4.56. The van der Waals surface area contributed by atoms with Crippen LogP contribution >= 0.6 is 11.3 Å². The molecule has 0 aromatic carbocycles. The van der Waals surface area contributed by atoms with E-state index in [1.807, 2.05) is 18.9 Å². The summed E-state index contributed by atoms with van der Waals surface area (Å²) in [4.78, 5) is 18.3. The molecule has 1 aromatic heterocycles. The Morgan fingerprint density at radius 3 is 2.94 bits per heavy atom. The quantitative estimate of drug-likeness (QED) is 0.782. The van der Waals surface area contributed by atoms with Crippen molar-refractivity contribution in [2.75, 3.05) is 24.2 Å². The molecule has 0 radical (unpaired) electrons. The summed E-state index contributed by atoms with van der Waals surface area (Å²) in [6.45, 7) is 4.53. The first-order valence-corrected chi connectivity index (χ1v) is 6.05. The van der Waals surface area contributed by atoms with Gasteiger partial charge in [-0.15, -0.1) is 6.42 Å². The Bertz CT molecular complexity index is 449. The maximum atomic E-state index is 11.8. The topological polar surface area (TPSA) is 71.2 Å². The van der Waals surface area contributed by atoms with Crippen molar-refractivity contribution in [3.8, 4) is 12.3 Å². The molecule has 0 aliphatic carbocycles. The van der Waals surface area contributed by atoms with Gasteiger partial charge in [0.2, 0.25) is 0 Å². The van der Waals surface area contributed by atoms with Gasteiger partial charge in [0, 0.05) is 13.6 Å². The Kier molecular flexibility index (Phi) is 4.35. The van der Waals surface area contributed by atoms with Crippen LogP contribution in [-0.4, -0.2) is 30.5 Å². The zero-order chi connectivity index (χ0) is 13.0. The average molecular weight is 252 g/mol. The van der Waals surface area contributed by atoms with Crippen molar-refractivity contribution in [3.63, 3.8) is 0 Å². The molecule has 17 heavy (non-hydrogen) atoms. The molecule has 0 saturated carbocycles. The van der Waals surface area contributed by atoms with Crippen LogP contribution in [0.1, 0.15) is 23.5 Å². The molecule has 1 rings (SSSR count). The van der Waals surface area contributed by atoms with Crippen LogP contribution in [0, 0.1) is 12.3 Å². The van der Waals surface area contributed by atoms with Gasteiger partial charge in [-0.1, -0.05) is 17.3 Å². The molecule has 3 N–H and O–H groups in total. The lowest BCUT2D eigenvalue weighted by Gasteiger charge is -2.11. The Balaban J connectivity index is 2.88. The third kappa shape index (κ3) is 3.11. The zero-order valence-electron chi connectivity index (χ0n) is 10.2. The number of carbonyl (C=O) groups is 1. The van der Waals surface area contributed by atoms with Crippen LogP contribution in [0.5, 0.6) is 0 Å². The van der Waals surface area contributed by atoms with E-state index in [9.17, 15) is 4.79 Å². The van der Waals surface area contributed by atoms with E-state index in [1.165, 1.54) is 11.3 Å². The maximum absolute atomic E-state index is 11.8. The summed E-state index contributed by atoms with van der Waals surface area (Å²) in [6.07, 6.45) is 5.20. The first-order chi connectivity index (χ1) is 7.99. The summed E-state index contributed by atoms with van der Waals surface area (Å²) in [6, 6.07) is -0.323. The predicted molar refractivity (Wildman–Crippen MR) is 71.2 cm³/mol. The van der Waals surface area contributed by atoms with Crippen molar-refractivity contribution < 1.29 is 4.79 Å². The summed E-state index contributed by atoms with van der Waals surface area (Å²) in [5, 5.41) is 3.38. The molecule has 92 valence electrons. The molecule has 0 aliphatic heterocycles. The lowest BCUT2D eigenvalue weighted by molar-refractivity contribution is 0.0953. The highest BCUT2D eigenvalue weighted by Gasteiger charge is 2.18. The molecule has 0 spiro atoms. The second-order valence-electron chi connectivity index (χ2n) is 3.59. The fraction of sp³-hybridized carbons (Fsp3) is 0.455. The fourth-order valence-corrected chi connectivity index (χ4v) is 2.00. The van der Waals surface area contributed by atoms with Gasteiger partial charge in [-0.3, -0.25) is 4.79 Å².